The Bertz CT molecular complexity index is 828. The quantitative estimate of drug-likeness (QED) is 0.615. The van der Waals surface area contributed by atoms with Gasteiger partial charge in [-0.05, 0) is 45.4 Å². The van der Waals surface area contributed by atoms with Crippen LogP contribution in [0.4, 0.5) is 5.00 Å². The summed E-state index contributed by atoms with van der Waals surface area (Å²) in [4.78, 5) is 37.2. The summed E-state index contributed by atoms with van der Waals surface area (Å²) < 4.78 is 15.4. The van der Waals surface area contributed by atoms with Crippen LogP contribution in [0.25, 0.3) is 0 Å². The van der Waals surface area contributed by atoms with Crippen molar-refractivity contribution in [2.45, 2.75) is 33.7 Å². The topological polar surface area (TPSA) is 111 Å². The van der Waals surface area contributed by atoms with Crippen LogP contribution in [0.15, 0.2) is 22.8 Å². The third-order valence-electron chi connectivity index (χ3n) is 3.99. The number of hydrogen-bond acceptors (Lipinski definition) is 7. The van der Waals surface area contributed by atoms with Gasteiger partial charge in [-0.1, -0.05) is 0 Å². The van der Waals surface area contributed by atoms with Gasteiger partial charge in [-0.25, -0.2) is 9.59 Å². The molecule has 152 valence electrons. The molecule has 0 aliphatic heterocycles. The van der Waals surface area contributed by atoms with Crippen molar-refractivity contribution in [3.63, 3.8) is 0 Å². The fraction of sp³-hybridized carbons (Fsp3) is 0.421. The first-order chi connectivity index (χ1) is 13.4. The number of nitrogens with one attached hydrogen (secondary N) is 1. The summed E-state index contributed by atoms with van der Waals surface area (Å²) in [5, 5.41) is 4.81. The number of anilines is 1. The summed E-state index contributed by atoms with van der Waals surface area (Å²) in [6, 6.07) is 3.59. The zero-order valence-corrected chi connectivity index (χ0v) is 17.2. The lowest BCUT2D eigenvalue weighted by molar-refractivity contribution is -0.684. The highest BCUT2D eigenvalue weighted by molar-refractivity contribution is 7.18. The maximum atomic E-state index is 12.4. The first-order valence-electron chi connectivity index (χ1n) is 9.03. The molecule has 2 aromatic rings. The number of hydrogen-bond donors (Lipinski definition) is 2. The SMILES string of the molecule is CCOC(=O)c1sc(NC(=O)C[NH2+][C@@H](C)c2ccco2)c(C(=O)OCC)c1C. The molecular formula is C19H25N2O6S+. The molecule has 0 aliphatic carbocycles. The van der Waals surface area contributed by atoms with E-state index in [0.717, 1.165) is 17.1 Å². The standard InChI is InChI=1S/C19H24N2O6S/c1-5-25-18(23)15-11(3)16(19(24)26-6-2)28-17(15)21-14(22)10-20-12(4)13-8-7-9-27-13/h7-9,12,20H,5-6,10H2,1-4H3,(H,21,22)/p+1/t12-/m0/s1. The monoisotopic (exact) mass is 409 g/mol. The summed E-state index contributed by atoms with van der Waals surface area (Å²) in [5.41, 5.74) is 0.618. The van der Waals surface area contributed by atoms with E-state index in [-0.39, 0.29) is 47.1 Å². The number of thiophene rings is 1. The molecule has 1 atom stereocenters. The highest BCUT2D eigenvalue weighted by Gasteiger charge is 2.27. The van der Waals surface area contributed by atoms with Gasteiger partial charge in [0.1, 0.15) is 15.9 Å². The molecule has 28 heavy (non-hydrogen) atoms. The predicted octanol–water partition coefficient (Wildman–Crippen LogP) is 2.27. The maximum absolute atomic E-state index is 12.4. The van der Waals surface area contributed by atoms with Crippen LogP contribution in [0.2, 0.25) is 0 Å². The number of nitrogens with two attached hydrogens (primary N) is 1. The lowest BCUT2D eigenvalue weighted by Crippen LogP contribution is -2.86. The number of ether oxygens (including phenoxy) is 2. The van der Waals surface area contributed by atoms with Crippen molar-refractivity contribution < 1.29 is 33.6 Å². The van der Waals surface area contributed by atoms with Crippen LogP contribution in [0.3, 0.4) is 0 Å². The molecular weight excluding hydrogens is 384 g/mol. The summed E-state index contributed by atoms with van der Waals surface area (Å²) in [7, 11) is 0. The van der Waals surface area contributed by atoms with Gasteiger partial charge in [0.05, 0.1) is 25.0 Å². The Hall–Kier alpha value is -2.65. The summed E-state index contributed by atoms with van der Waals surface area (Å²) in [6.07, 6.45) is 1.58. The third kappa shape index (κ3) is 5.20. The van der Waals surface area contributed by atoms with Crippen LogP contribution in [-0.4, -0.2) is 37.6 Å². The van der Waals surface area contributed by atoms with E-state index in [2.05, 4.69) is 5.32 Å². The molecule has 3 N–H and O–H groups in total. The van der Waals surface area contributed by atoms with Gasteiger partial charge < -0.3 is 24.5 Å². The van der Waals surface area contributed by atoms with Crippen molar-refractivity contribution >= 4 is 34.2 Å². The van der Waals surface area contributed by atoms with E-state index in [0.29, 0.717) is 5.56 Å². The average molecular weight is 409 g/mol. The fourth-order valence-corrected chi connectivity index (χ4v) is 3.67. The van der Waals surface area contributed by atoms with Crippen molar-refractivity contribution in [3.8, 4) is 0 Å². The fourth-order valence-electron chi connectivity index (χ4n) is 2.57. The third-order valence-corrected chi connectivity index (χ3v) is 5.18. The van der Waals surface area contributed by atoms with E-state index in [1.165, 1.54) is 0 Å². The minimum Gasteiger partial charge on any atom is -0.463 e. The van der Waals surface area contributed by atoms with Crippen molar-refractivity contribution in [1.29, 1.82) is 0 Å². The van der Waals surface area contributed by atoms with Crippen LogP contribution in [0.5, 0.6) is 0 Å². The largest absolute Gasteiger partial charge is 0.463 e. The van der Waals surface area contributed by atoms with E-state index in [4.69, 9.17) is 13.9 Å². The molecule has 1 amide bonds. The van der Waals surface area contributed by atoms with Gasteiger partial charge in [-0.3, -0.25) is 4.79 Å². The van der Waals surface area contributed by atoms with Crippen molar-refractivity contribution in [2.24, 2.45) is 0 Å². The molecule has 0 bridgehead atoms. The van der Waals surface area contributed by atoms with Crippen molar-refractivity contribution in [3.05, 3.63) is 40.2 Å². The summed E-state index contributed by atoms with van der Waals surface area (Å²) in [5.74, 6) is -0.665. The molecule has 2 heterocycles. The summed E-state index contributed by atoms with van der Waals surface area (Å²) >= 11 is 1.01. The second-order valence-electron chi connectivity index (χ2n) is 5.99. The smallest absolute Gasteiger partial charge is 0.348 e. The second-order valence-corrected chi connectivity index (χ2v) is 7.01. The first kappa shape index (κ1) is 21.6. The molecule has 0 spiro atoms. The molecule has 0 aromatic carbocycles. The second kappa shape index (κ2) is 10.0. The molecule has 0 saturated heterocycles. The zero-order valence-electron chi connectivity index (χ0n) is 16.4. The van der Waals surface area contributed by atoms with Gasteiger partial charge in [0.2, 0.25) is 0 Å². The normalized spacial score (nSPS) is 11.7. The Labute approximate surface area is 167 Å². The Morgan fingerprint density at radius 2 is 1.89 bits per heavy atom. The molecule has 0 unspecified atom stereocenters. The van der Waals surface area contributed by atoms with Crippen LogP contribution in [0, 0.1) is 6.92 Å². The molecule has 2 aromatic heterocycles. The molecule has 8 nitrogen and oxygen atoms in total. The van der Waals surface area contributed by atoms with Crippen LogP contribution >= 0.6 is 11.3 Å². The minimum atomic E-state index is -0.588. The Morgan fingerprint density at radius 3 is 2.50 bits per heavy atom. The molecule has 9 heteroatoms. The number of esters is 2. The number of furan rings is 1. The highest BCUT2D eigenvalue weighted by Crippen LogP contribution is 2.34. The number of quaternary nitrogens is 1. The van der Waals surface area contributed by atoms with Crippen LogP contribution in [0.1, 0.15) is 58.2 Å². The van der Waals surface area contributed by atoms with E-state index in [1.807, 2.05) is 18.3 Å². The van der Waals surface area contributed by atoms with Gasteiger partial charge in [0.25, 0.3) is 5.91 Å². The molecule has 0 fully saturated rings. The molecule has 0 saturated carbocycles. The average Bonchev–Trinajstić information content (AvgIpc) is 3.28. The molecule has 0 aliphatic rings. The first-order valence-corrected chi connectivity index (χ1v) is 9.84. The van der Waals surface area contributed by atoms with E-state index < -0.39 is 11.9 Å². The highest BCUT2D eigenvalue weighted by atomic mass is 32.1. The van der Waals surface area contributed by atoms with E-state index >= 15 is 0 Å². The lowest BCUT2D eigenvalue weighted by Gasteiger charge is -2.09. The zero-order chi connectivity index (χ0) is 20.7. The number of rotatable bonds is 9. The lowest BCUT2D eigenvalue weighted by atomic mass is 10.1. The Kier molecular flexibility index (Phi) is 7.77. The summed E-state index contributed by atoms with van der Waals surface area (Å²) in [6.45, 7) is 7.47. The Balaban J connectivity index is 2.15. The van der Waals surface area contributed by atoms with Crippen LogP contribution < -0.4 is 10.6 Å². The van der Waals surface area contributed by atoms with Crippen molar-refractivity contribution in [1.82, 2.24) is 0 Å². The van der Waals surface area contributed by atoms with Gasteiger partial charge >= 0.3 is 11.9 Å². The number of carbonyl (C=O) groups excluding carboxylic acids is 3. The van der Waals surface area contributed by atoms with Crippen molar-refractivity contribution in [2.75, 3.05) is 25.1 Å². The van der Waals surface area contributed by atoms with Gasteiger partial charge in [-0.2, -0.15) is 0 Å². The minimum absolute atomic E-state index is 0.0366. The van der Waals surface area contributed by atoms with Gasteiger partial charge in [0, 0.05) is 0 Å². The number of carbonyl (C=O) groups is 3. The van der Waals surface area contributed by atoms with E-state index in [9.17, 15) is 14.4 Å². The maximum Gasteiger partial charge on any atom is 0.348 e. The molecule has 0 radical (unpaired) electrons. The van der Waals surface area contributed by atoms with Crippen LogP contribution in [-0.2, 0) is 14.3 Å². The van der Waals surface area contributed by atoms with Gasteiger partial charge in [0.15, 0.2) is 12.3 Å². The Morgan fingerprint density at radius 1 is 1.21 bits per heavy atom. The molecule has 2 rings (SSSR count). The van der Waals surface area contributed by atoms with Gasteiger partial charge in [-0.15, -0.1) is 11.3 Å². The van der Waals surface area contributed by atoms with E-state index in [1.54, 1.807) is 33.1 Å². The number of amides is 1. The predicted molar refractivity (Wildman–Crippen MR) is 104 cm³/mol.